The van der Waals surface area contributed by atoms with Crippen LogP contribution in [0.4, 0.5) is 10.2 Å². The molecule has 0 N–H and O–H groups in total. The van der Waals surface area contributed by atoms with Crippen molar-refractivity contribution in [2.24, 2.45) is 0 Å². The molecule has 0 unspecified atom stereocenters. The molecule has 3 aromatic rings. The highest BCUT2D eigenvalue weighted by atomic mass is 19.1. The third kappa shape index (κ3) is 5.32. The normalized spacial score (nSPS) is 16.9. The third-order valence-corrected chi connectivity index (χ3v) is 7.49. The fourth-order valence-electron chi connectivity index (χ4n) is 5.39. The Labute approximate surface area is 217 Å². The summed E-state index contributed by atoms with van der Waals surface area (Å²) in [6.07, 6.45) is 3.82. The second-order valence-electron chi connectivity index (χ2n) is 9.83. The first-order chi connectivity index (χ1) is 17.9. The molecule has 1 aromatic heterocycles. The van der Waals surface area contributed by atoms with Crippen molar-refractivity contribution in [3.63, 3.8) is 0 Å². The van der Waals surface area contributed by atoms with E-state index in [4.69, 9.17) is 14.2 Å². The predicted molar refractivity (Wildman–Crippen MR) is 141 cm³/mol. The number of halogens is 1. The van der Waals surface area contributed by atoms with Crippen molar-refractivity contribution in [1.29, 1.82) is 0 Å². The smallest absolute Gasteiger partial charge is 0.306 e. The molecular formula is C30H33FN2O4. The van der Waals surface area contributed by atoms with Crippen molar-refractivity contribution in [1.82, 2.24) is 4.98 Å². The van der Waals surface area contributed by atoms with Gasteiger partial charge in [0, 0.05) is 36.3 Å². The maximum Gasteiger partial charge on any atom is 0.306 e. The molecule has 5 rings (SSSR count). The van der Waals surface area contributed by atoms with Gasteiger partial charge in [-0.15, -0.1) is 0 Å². The molecule has 1 atom stereocenters. The van der Waals surface area contributed by atoms with Crippen LogP contribution in [0.15, 0.2) is 42.6 Å². The standard InChI is InChI=1S/C30H33FN2O4/c1-19-4-7-22(8-5-21-6-9-25-24(16-28(34)35-3)18-37-27(25)14-21)20(2)29(19)23-15-26(31)30(32-17-23)33-10-12-36-13-11-33/h4,6-7,9,14-15,17,24H,5,8,10-13,16,18H2,1-3H3/t24-/m1/s1. The lowest BCUT2D eigenvalue weighted by molar-refractivity contribution is -0.141. The molecule has 7 heteroatoms. The number of ether oxygens (including phenoxy) is 3. The van der Waals surface area contributed by atoms with Crippen molar-refractivity contribution < 1.29 is 23.4 Å². The number of hydrogen-bond acceptors (Lipinski definition) is 6. The SMILES string of the molecule is COC(=O)C[C@@H]1COc2cc(CCc3ccc(C)c(-c4cnc(N5CCOCC5)c(F)c4)c3C)ccc21. The molecule has 2 aromatic carbocycles. The number of benzene rings is 2. The van der Waals surface area contributed by atoms with Gasteiger partial charge in [0.1, 0.15) is 5.75 Å². The molecule has 3 heterocycles. The van der Waals surface area contributed by atoms with E-state index in [9.17, 15) is 4.79 Å². The first kappa shape index (κ1) is 25.2. The second kappa shape index (κ2) is 10.9. The average Bonchev–Trinajstić information content (AvgIpc) is 3.30. The van der Waals surface area contributed by atoms with Crippen LogP contribution >= 0.6 is 0 Å². The lowest BCUT2D eigenvalue weighted by Gasteiger charge is -2.28. The Morgan fingerprint density at radius 2 is 1.95 bits per heavy atom. The van der Waals surface area contributed by atoms with Gasteiger partial charge in [0.2, 0.25) is 0 Å². The van der Waals surface area contributed by atoms with Gasteiger partial charge in [-0.2, -0.15) is 0 Å². The van der Waals surface area contributed by atoms with Crippen molar-refractivity contribution in [2.75, 3.05) is 44.9 Å². The van der Waals surface area contributed by atoms with Crippen molar-refractivity contribution >= 4 is 11.8 Å². The van der Waals surface area contributed by atoms with Gasteiger partial charge in [-0.1, -0.05) is 24.3 Å². The molecule has 6 nitrogen and oxygen atoms in total. The highest BCUT2D eigenvalue weighted by Gasteiger charge is 2.27. The van der Waals surface area contributed by atoms with Gasteiger partial charge in [0.25, 0.3) is 0 Å². The summed E-state index contributed by atoms with van der Waals surface area (Å²) >= 11 is 0. The van der Waals surface area contributed by atoms with Crippen LogP contribution in [0.2, 0.25) is 0 Å². The minimum atomic E-state index is -0.299. The molecule has 1 fully saturated rings. The lowest BCUT2D eigenvalue weighted by atomic mass is 9.90. The molecule has 0 saturated carbocycles. The van der Waals surface area contributed by atoms with E-state index in [1.165, 1.54) is 18.2 Å². The molecule has 1 saturated heterocycles. The zero-order valence-electron chi connectivity index (χ0n) is 21.7. The highest BCUT2D eigenvalue weighted by molar-refractivity contribution is 5.73. The summed E-state index contributed by atoms with van der Waals surface area (Å²) in [6.45, 7) is 7.15. The quantitative estimate of drug-likeness (QED) is 0.414. The van der Waals surface area contributed by atoms with Gasteiger partial charge in [-0.3, -0.25) is 4.79 Å². The molecule has 2 aliphatic heterocycles. The van der Waals surface area contributed by atoms with Crippen LogP contribution in [0.1, 0.15) is 40.2 Å². The molecular weight excluding hydrogens is 471 g/mol. The van der Waals surface area contributed by atoms with Crippen LogP contribution in [0.25, 0.3) is 11.1 Å². The van der Waals surface area contributed by atoms with E-state index in [2.05, 4.69) is 49.2 Å². The topological polar surface area (TPSA) is 60.9 Å². The number of aryl methyl sites for hydroxylation is 3. The minimum absolute atomic E-state index is 0.0436. The largest absolute Gasteiger partial charge is 0.493 e. The van der Waals surface area contributed by atoms with E-state index in [-0.39, 0.29) is 17.7 Å². The number of hydrogen-bond donors (Lipinski definition) is 0. The Morgan fingerprint density at radius 1 is 1.14 bits per heavy atom. The van der Waals surface area contributed by atoms with Gasteiger partial charge < -0.3 is 19.1 Å². The number of anilines is 1. The number of esters is 1. The van der Waals surface area contributed by atoms with Crippen molar-refractivity contribution in [3.8, 4) is 16.9 Å². The molecule has 0 aliphatic carbocycles. The number of carbonyl (C=O) groups is 1. The molecule has 0 radical (unpaired) electrons. The number of pyridine rings is 1. The Morgan fingerprint density at radius 3 is 2.70 bits per heavy atom. The maximum absolute atomic E-state index is 15.1. The lowest BCUT2D eigenvalue weighted by Crippen LogP contribution is -2.37. The van der Waals surface area contributed by atoms with Crippen LogP contribution < -0.4 is 9.64 Å². The number of aromatic nitrogens is 1. The van der Waals surface area contributed by atoms with Gasteiger partial charge in [-0.05, 0) is 66.6 Å². The Bertz CT molecular complexity index is 1300. The van der Waals surface area contributed by atoms with E-state index in [1.54, 1.807) is 12.3 Å². The van der Waals surface area contributed by atoms with Gasteiger partial charge in [-0.25, -0.2) is 9.37 Å². The summed E-state index contributed by atoms with van der Waals surface area (Å²) in [5, 5.41) is 0. The molecule has 0 amide bonds. The fourth-order valence-corrected chi connectivity index (χ4v) is 5.39. The van der Waals surface area contributed by atoms with Gasteiger partial charge >= 0.3 is 5.97 Å². The average molecular weight is 505 g/mol. The molecule has 0 bridgehead atoms. The monoisotopic (exact) mass is 504 g/mol. The van der Waals surface area contributed by atoms with E-state index < -0.39 is 0 Å². The summed E-state index contributed by atoms with van der Waals surface area (Å²) in [5.74, 6) is 0.775. The van der Waals surface area contributed by atoms with Gasteiger partial charge in [0.15, 0.2) is 11.6 Å². The van der Waals surface area contributed by atoms with Crippen LogP contribution in [-0.2, 0) is 27.1 Å². The highest BCUT2D eigenvalue weighted by Crippen LogP contribution is 2.37. The van der Waals surface area contributed by atoms with Crippen LogP contribution in [0.3, 0.4) is 0 Å². The van der Waals surface area contributed by atoms with Crippen LogP contribution in [0, 0.1) is 19.7 Å². The summed E-state index contributed by atoms with van der Waals surface area (Å²) in [5.41, 5.74) is 7.57. The Kier molecular flexibility index (Phi) is 7.42. The van der Waals surface area contributed by atoms with E-state index in [0.717, 1.165) is 46.4 Å². The number of nitrogens with zero attached hydrogens (tertiary/aromatic N) is 2. The number of rotatable bonds is 7. The predicted octanol–water partition coefficient (Wildman–Crippen LogP) is 5.17. The number of fused-ring (bicyclic) bond motifs is 1. The molecule has 194 valence electrons. The number of methoxy groups -OCH3 is 1. The first-order valence-electron chi connectivity index (χ1n) is 12.8. The Hall–Kier alpha value is -3.45. The van der Waals surface area contributed by atoms with Crippen molar-refractivity contribution in [3.05, 3.63) is 76.2 Å². The van der Waals surface area contributed by atoms with E-state index in [1.807, 2.05) is 4.90 Å². The summed E-state index contributed by atoms with van der Waals surface area (Å²) in [6, 6.07) is 12.2. The molecule has 2 aliphatic rings. The third-order valence-electron chi connectivity index (χ3n) is 7.49. The summed E-state index contributed by atoms with van der Waals surface area (Å²) in [7, 11) is 1.41. The van der Waals surface area contributed by atoms with E-state index in [0.29, 0.717) is 45.1 Å². The molecule has 37 heavy (non-hydrogen) atoms. The summed E-state index contributed by atoms with van der Waals surface area (Å²) < 4.78 is 31.2. The fraction of sp³-hybridized carbons (Fsp3) is 0.400. The Balaban J connectivity index is 1.32. The molecule has 0 spiro atoms. The first-order valence-corrected chi connectivity index (χ1v) is 12.8. The van der Waals surface area contributed by atoms with E-state index >= 15 is 4.39 Å². The maximum atomic E-state index is 15.1. The van der Waals surface area contributed by atoms with Gasteiger partial charge in [0.05, 0.1) is 33.4 Å². The minimum Gasteiger partial charge on any atom is -0.493 e. The van der Waals surface area contributed by atoms with Crippen LogP contribution in [0.5, 0.6) is 5.75 Å². The van der Waals surface area contributed by atoms with Crippen LogP contribution in [-0.4, -0.2) is 51.0 Å². The number of morpholine rings is 1. The number of carbonyl (C=O) groups excluding carboxylic acids is 1. The zero-order valence-corrected chi connectivity index (χ0v) is 21.7. The van der Waals surface area contributed by atoms with Crippen molar-refractivity contribution in [2.45, 2.75) is 39.0 Å². The second-order valence-corrected chi connectivity index (χ2v) is 9.83. The zero-order chi connectivity index (χ0) is 25.9. The summed E-state index contributed by atoms with van der Waals surface area (Å²) in [4.78, 5) is 18.1.